The summed E-state index contributed by atoms with van der Waals surface area (Å²) >= 11 is 6.43. The Morgan fingerprint density at radius 2 is 1.74 bits per heavy atom. The normalized spacial score (nSPS) is 12.3. The molecule has 0 fully saturated rings. The Bertz CT molecular complexity index is 839. The van der Waals surface area contributed by atoms with Crippen molar-refractivity contribution >= 4 is 11.6 Å². The van der Waals surface area contributed by atoms with Crippen LogP contribution in [0.2, 0.25) is 5.02 Å². The highest BCUT2D eigenvalue weighted by molar-refractivity contribution is 6.31. The van der Waals surface area contributed by atoms with Crippen molar-refractivity contribution in [1.29, 1.82) is 0 Å². The zero-order valence-electron chi connectivity index (χ0n) is 16.4. The molecule has 2 nitrogen and oxygen atoms in total. The van der Waals surface area contributed by atoms with Gasteiger partial charge in [0, 0.05) is 23.3 Å². The first-order chi connectivity index (χ1) is 13.2. The number of hydrogen-bond donors (Lipinski definition) is 0. The van der Waals surface area contributed by atoms with Gasteiger partial charge in [-0.2, -0.15) is 0 Å². The molecule has 0 saturated carbocycles. The summed E-state index contributed by atoms with van der Waals surface area (Å²) in [5.74, 6) is 1.74. The highest BCUT2D eigenvalue weighted by atomic mass is 35.5. The molecule has 0 aliphatic rings. The summed E-state index contributed by atoms with van der Waals surface area (Å²) < 4.78 is 2.39. The first kappa shape index (κ1) is 19.7. The maximum atomic E-state index is 6.43. The number of halogens is 1. The third-order valence-electron chi connectivity index (χ3n) is 5.05. The van der Waals surface area contributed by atoms with Gasteiger partial charge in [-0.05, 0) is 42.4 Å². The summed E-state index contributed by atoms with van der Waals surface area (Å²) in [6.45, 7) is 5.35. The fourth-order valence-corrected chi connectivity index (χ4v) is 3.78. The third kappa shape index (κ3) is 5.46. The zero-order chi connectivity index (χ0) is 19.1. The number of unbranched alkanes of at least 4 members (excludes halogenated alkanes) is 1. The van der Waals surface area contributed by atoms with Crippen LogP contribution in [0.4, 0.5) is 0 Å². The smallest absolute Gasteiger partial charge is 0.109 e. The molecule has 0 aliphatic heterocycles. The molecule has 27 heavy (non-hydrogen) atoms. The van der Waals surface area contributed by atoms with E-state index in [9.17, 15) is 0 Å². The highest BCUT2D eigenvalue weighted by Crippen LogP contribution is 2.21. The lowest BCUT2D eigenvalue weighted by Crippen LogP contribution is -2.13. The minimum Gasteiger partial charge on any atom is -0.328 e. The monoisotopic (exact) mass is 380 g/mol. The maximum absolute atomic E-state index is 6.43. The number of imidazole rings is 1. The van der Waals surface area contributed by atoms with Gasteiger partial charge in [0.05, 0.1) is 6.54 Å². The maximum Gasteiger partial charge on any atom is 0.109 e. The van der Waals surface area contributed by atoms with Crippen molar-refractivity contribution in [2.24, 2.45) is 5.92 Å². The van der Waals surface area contributed by atoms with E-state index in [1.165, 1.54) is 29.9 Å². The van der Waals surface area contributed by atoms with Crippen LogP contribution >= 0.6 is 11.6 Å². The zero-order valence-corrected chi connectivity index (χ0v) is 17.1. The van der Waals surface area contributed by atoms with E-state index in [0.29, 0.717) is 5.92 Å². The first-order valence-electron chi connectivity index (χ1n) is 9.98. The quantitative estimate of drug-likeness (QED) is 0.423. The van der Waals surface area contributed by atoms with Crippen LogP contribution in [-0.4, -0.2) is 9.55 Å². The van der Waals surface area contributed by atoms with Crippen LogP contribution in [0.1, 0.15) is 49.3 Å². The Labute approximate surface area is 168 Å². The number of aromatic nitrogens is 2. The SMILES string of the molecule is CCCCc1ncc(CC(C)Cc2ccccc2)n1Cc1ccccc1Cl. The van der Waals surface area contributed by atoms with Crippen molar-refractivity contribution < 1.29 is 0 Å². The van der Waals surface area contributed by atoms with Crippen molar-refractivity contribution in [3.63, 3.8) is 0 Å². The Hall–Kier alpha value is -2.06. The molecule has 3 heteroatoms. The molecule has 1 heterocycles. The van der Waals surface area contributed by atoms with Crippen molar-refractivity contribution in [3.05, 3.63) is 88.5 Å². The predicted molar refractivity (Wildman–Crippen MR) is 114 cm³/mol. The predicted octanol–water partition coefficient (Wildman–Crippen LogP) is 6.35. The van der Waals surface area contributed by atoms with Crippen LogP contribution in [0.5, 0.6) is 0 Å². The average molecular weight is 381 g/mol. The molecule has 0 aliphatic carbocycles. The van der Waals surface area contributed by atoms with Gasteiger partial charge in [0.25, 0.3) is 0 Å². The summed E-state index contributed by atoms with van der Waals surface area (Å²) in [7, 11) is 0. The summed E-state index contributed by atoms with van der Waals surface area (Å²) in [6.07, 6.45) is 7.55. The number of rotatable bonds is 9. The third-order valence-corrected chi connectivity index (χ3v) is 5.41. The van der Waals surface area contributed by atoms with Gasteiger partial charge in [-0.3, -0.25) is 0 Å². The molecule has 0 radical (unpaired) electrons. The fourth-order valence-electron chi connectivity index (χ4n) is 3.59. The van der Waals surface area contributed by atoms with E-state index < -0.39 is 0 Å². The lowest BCUT2D eigenvalue weighted by molar-refractivity contribution is 0.544. The van der Waals surface area contributed by atoms with Crippen LogP contribution in [0.3, 0.4) is 0 Å². The molecule has 0 N–H and O–H groups in total. The van der Waals surface area contributed by atoms with E-state index in [-0.39, 0.29) is 0 Å². The van der Waals surface area contributed by atoms with Gasteiger partial charge in [0.15, 0.2) is 0 Å². The Kier molecular flexibility index (Phi) is 7.11. The number of benzene rings is 2. The van der Waals surface area contributed by atoms with Gasteiger partial charge in [-0.15, -0.1) is 0 Å². The van der Waals surface area contributed by atoms with Crippen LogP contribution < -0.4 is 0 Å². The fraction of sp³-hybridized carbons (Fsp3) is 0.375. The van der Waals surface area contributed by atoms with E-state index in [1.807, 2.05) is 12.1 Å². The van der Waals surface area contributed by atoms with Crippen molar-refractivity contribution in [3.8, 4) is 0 Å². The summed E-state index contributed by atoms with van der Waals surface area (Å²) in [4.78, 5) is 4.76. The number of nitrogens with zero attached hydrogens (tertiary/aromatic N) is 2. The molecule has 3 rings (SSSR count). The molecule has 142 valence electrons. The van der Waals surface area contributed by atoms with Gasteiger partial charge in [0.1, 0.15) is 5.82 Å². The molecule has 0 spiro atoms. The van der Waals surface area contributed by atoms with E-state index in [0.717, 1.165) is 36.4 Å². The second kappa shape index (κ2) is 9.75. The summed E-state index contributed by atoms with van der Waals surface area (Å²) in [5, 5.41) is 0.830. The molecule has 1 aromatic heterocycles. The molecule has 0 saturated heterocycles. The van der Waals surface area contributed by atoms with Crippen LogP contribution in [0.25, 0.3) is 0 Å². The standard InChI is InChI=1S/C24H29ClN2/c1-3-4-14-24-26-17-22(16-19(2)15-20-10-6-5-7-11-20)27(24)18-21-12-8-9-13-23(21)25/h5-13,17,19H,3-4,14-16,18H2,1-2H3. The summed E-state index contributed by atoms with van der Waals surface area (Å²) in [6, 6.07) is 18.9. The van der Waals surface area contributed by atoms with Gasteiger partial charge < -0.3 is 4.57 Å². The van der Waals surface area contributed by atoms with Crippen LogP contribution in [0, 0.1) is 5.92 Å². The highest BCUT2D eigenvalue weighted by Gasteiger charge is 2.14. The first-order valence-corrected chi connectivity index (χ1v) is 10.4. The van der Waals surface area contributed by atoms with Gasteiger partial charge in [-0.1, -0.05) is 80.4 Å². The van der Waals surface area contributed by atoms with Crippen molar-refractivity contribution in [2.45, 2.75) is 52.5 Å². The summed E-state index contributed by atoms with van der Waals surface area (Å²) in [5.41, 5.74) is 3.87. The molecule has 3 aromatic rings. The second-order valence-corrected chi connectivity index (χ2v) is 7.85. The van der Waals surface area contributed by atoms with E-state index >= 15 is 0 Å². The molecular formula is C24H29ClN2. The van der Waals surface area contributed by atoms with Crippen LogP contribution in [-0.2, 0) is 25.8 Å². The van der Waals surface area contributed by atoms with Crippen molar-refractivity contribution in [1.82, 2.24) is 9.55 Å². The Balaban J connectivity index is 1.79. The number of hydrogen-bond acceptors (Lipinski definition) is 1. The minimum absolute atomic E-state index is 0.563. The lowest BCUT2D eigenvalue weighted by Gasteiger charge is -2.16. The van der Waals surface area contributed by atoms with Gasteiger partial charge in [0.2, 0.25) is 0 Å². The molecule has 0 bridgehead atoms. The number of aryl methyl sites for hydroxylation is 1. The largest absolute Gasteiger partial charge is 0.328 e. The lowest BCUT2D eigenvalue weighted by atomic mass is 9.97. The van der Waals surface area contributed by atoms with Crippen LogP contribution in [0.15, 0.2) is 60.8 Å². The Morgan fingerprint density at radius 1 is 1.00 bits per heavy atom. The van der Waals surface area contributed by atoms with E-state index in [1.54, 1.807) is 0 Å². The topological polar surface area (TPSA) is 17.8 Å². The molecule has 2 aromatic carbocycles. The van der Waals surface area contributed by atoms with E-state index in [2.05, 4.69) is 67.1 Å². The molecule has 0 amide bonds. The molecular weight excluding hydrogens is 352 g/mol. The van der Waals surface area contributed by atoms with Crippen molar-refractivity contribution in [2.75, 3.05) is 0 Å². The van der Waals surface area contributed by atoms with Gasteiger partial charge in [-0.25, -0.2) is 4.98 Å². The Morgan fingerprint density at radius 3 is 2.48 bits per heavy atom. The molecule has 1 unspecified atom stereocenters. The second-order valence-electron chi connectivity index (χ2n) is 7.45. The van der Waals surface area contributed by atoms with Gasteiger partial charge >= 0.3 is 0 Å². The average Bonchev–Trinajstić information content (AvgIpc) is 3.04. The molecule has 1 atom stereocenters. The minimum atomic E-state index is 0.563. The van der Waals surface area contributed by atoms with E-state index in [4.69, 9.17) is 16.6 Å².